The van der Waals surface area contributed by atoms with Crippen molar-refractivity contribution in [2.24, 2.45) is 0 Å². The van der Waals surface area contributed by atoms with E-state index >= 15 is 0 Å². The number of furan rings is 1. The Balaban J connectivity index is 1.97. The first kappa shape index (κ1) is 14.6. The largest absolute Gasteiger partial charge is 0.458 e. The number of benzene rings is 1. The molecule has 0 aliphatic carbocycles. The molecule has 1 aliphatic rings. The lowest BCUT2D eigenvalue weighted by atomic mass is 9.88. The van der Waals surface area contributed by atoms with Gasteiger partial charge >= 0.3 is 0 Å². The molecule has 21 heavy (non-hydrogen) atoms. The van der Waals surface area contributed by atoms with E-state index in [-0.39, 0.29) is 5.54 Å². The number of nitrogens with zero attached hydrogens (tertiary/aromatic N) is 1. The molecule has 1 N–H and O–H groups in total. The highest BCUT2D eigenvalue weighted by Crippen LogP contribution is 2.38. The van der Waals surface area contributed by atoms with E-state index in [2.05, 4.69) is 18.7 Å². The van der Waals surface area contributed by atoms with Gasteiger partial charge in [-0.2, -0.15) is 0 Å². The highest BCUT2D eigenvalue weighted by atomic mass is 16.4. The summed E-state index contributed by atoms with van der Waals surface area (Å²) in [6, 6.07) is 8.11. The van der Waals surface area contributed by atoms with Crippen molar-refractivity contribution in [3.8, 4) is 0 Å². The first-order valence-corrected chi connectivity index (χ1v) is 7.98. The molecule has 1 aromatic heterocycles. The maximum Gasteiger partial charge on any atom is 0.137 e. The molecule has 0 radical (unpaired) electrons. The summed E-state index contributed by atoms with van der Waals surface area (Å²) in [6.45, 7) is 8.49. The Morgan fingerprint density at radius 2 is 2.05 bits per heavy atom. The second-order valence-corrected chi connectivity index (χ2v) is 6.45. The normalized spacial score (nSPS) is 20.8. The molecule has 114 valence electrons. The molecule has 3 rings (SSSR count). The number of rotatable bonds is 4. The van der Waals surface area contributed by atoms with Crippen molar-refractivity contribution in [1.29, 1.82) is 0 Å². The Hall–Kier alpha value is -1.32. The Kier molecular flexibility index (Phi) is 3.80. The molecule has 0 spiro atoms. The second-order valence-electron chi connectivity index (χ2n) is 6.45. The van der Waals surface area contributed by atoms with E-state index in [0.717, 1.165) is 36.0 Å². The Bertz CT molecular complexity index is 627. The molecule has 0 bridgehead atoms. The third kappa shape index (κ3) is 2.39. The first-order chi connectivity index (χ1) is 10.1. The molecule has 0 amide bonds. The first-order valence-electron chi connectivity index (χ1n) is 7.98. The summed E-state index contributed by atoms with van der Waals surface area (Å²) in [5.74, 6) is 0.690. The summed E-state index contributed by atoms with van der Waals surface area (Å²) in [4.78, 5) is 2.41. The number of fused-ring (bicyclic) bond motifs is 1. The van der Waals surface area contributed by atoms with Crippen LogP contribution in [0.25, 0.3) is 11.0 Å². The van der Waals surface area contributed by atoms with Gasteiger partial charge < -0.3 is 9.52 Å². The van der Waals surface area contributed by atoms with Crippen LogP contribution in [0.3, 0.4) is 0 Å². The zero-order chi connectivity index (χ0) is 15.0. The Labute approximate surface area is 126 Å². The van der Waals surface area contributed by atoms with Gasteiger partial charge in [0.05, 0.1) is 5.54 Å². The van der Waals surface area contributed by atoms with Gasteiger partial charge in [-0.3, -0.25) is 4.90 Å². The zero-order valence-electron chi connectivity index (χ0n) is 13.2. The minimum atomic E-state index is -0.590. The maximum absolute atomic E-state index is 11.0. The number of likely N-dealkylation sites (tertiary alicyclic amines) is 1. The number of aliphatic hydroxyl groups is 1. The number of aliphatic hydroxyl groups excluding tert-OH is 1. The smallest absolute Gasteiger partial charge is 0.137 e. The SMILES string of the molecule is CCC(C)(C(O)c1cc2cccc(C)c2o1)N1CCCC1. The fourth-order valence-corrected chi connectivity index (χ4v) is 3.49. The van der Waals surface area contributed by atoms with Crippen molar-refractivity contribution >= 4 is 11.0 Å². The van der Waals surface area contributed by atoms with Gasteiger partial charge in [-0.1, -0.05) is 25.1 Å². The summed E-state index contributed by atoms with van der Waals surface area (Å²) in [5.41, 5.74) is 1.76. The van der Waals surface area contributed by atoms with Gasteiger partial charge in [0.2, 0.25) is 0 Å². The van der Waals surface area contributed by atoms with Gasteiger partial charge in [0.25, 0.3) is 0 Å². The standard InChI is InChI=1S/C18H25NO2/c1-4-18(3,19-10-5-6-11-19)17(20)15-12-14-9-7-8-13(2)16(14)21-15/h7-9,12,17,20H,4-6,10-11H2,1-3H3. The molecule has 3 nitrogen and oxygen atoms in total. The minimum absolute atomic E-state index is 0.252. The average Bonchev–Trinajstić information content (AvgIpc) is 3.15. The van der Waals surface area contributed by atoms with Gasteiger partial charge in [-0.15, -0.1) is 0 Å². The van der Waals surface area contributed by atoms with E-state index in [9.17, 15) is 5.11 Å². The molecule has 0 saturated carbocycles. The van der Waals surface area contributed by atoms with E-state index in [1.54, 1.807) is 0 Å². The third-order valence-corrected chi connectivity index (χ3v) is 5.16. The quantitative estimate of drug-likeness (QED) is 0.922. The summed E-state index contributed by atoms with van der Waals surface area (Å²) in [6.07, 6.45) is 2.76. The van der Waals surface area contributed by atoms with Crippen LogP contribution in [0.5, 0.6) is 0 Å². The predicted octanol–water partition coefficient (Wildman–Crippen LogP) is 4.04. The van der Waals surface area contributed by atoms with E-state index in [1.165, 1.54) is 12.8 Å². The monoisotopic (exact) mass is 287 g/mol. The predicted molar refractivity (Wildman–Crippen MR) is 85.4 cm³/mol. The molecule has 1 aliphatic heterocycles. The van der Waals surface area contributed by atoms with E-state index < -0.39 is 6.10 Å². The fraction of sp³-hybridized carbons (Fsp3) is 0.556. The highest BCUT2D eigenvalue weighted by molar-refractivity contribution is 5.81. The molecule has 2 aromatic rings. The second kappa shape index (κ2) is 5.47. The van der Waals surface area contributed by atoms with Gasteiger partial charge in [0.1, 0.15) is 17.4 Å². The van der Waals surface area contributed by atoms with Crippen LogP contribution >= 0.6 is 0 Å². The van der Waals surface area contributed by atoms with E-state index in [4.69, 9.17) is 4.42 Å². The maximum atomic E-state index is 11.0. The lowest BCUT2D eigenvalue weighted by molar-refractivity contribution is -0.0246. The number of hydrogen-bond acceptors (Lipinski definition) is 3. The van der Waals surface area contributed by atoms with Crippen molar-refractivity contribution in [3.63, 3.8) is 0 Å². The van der Waals surface area contributed by atoms with Crippen LogP contribution in [0.1, 0.15) is 50.5 Å². The molecular weight excluding hydrogens is 262 g/mol. The molecular formula is C18H25NO2. The highest BCUT2D eigenvalue weighted by Gasteiger charge is 2.41. The lowest BCUT2D eigenvalue weighted by Gasteiger charge is -2.41. The number of aryl methyl sites for hydroxylation is 1. The Morgan fingerprint density at radius 3 is 2.67 bits per heavy atom. The topological polar surface area (TPSA) is 36.6 Å². The number of para-hydroxylation sites is 1. The van der Waals surface area contributed by atoms with Gasteiger partial charge in [0.15, 0.2) is 0 Å². The molecule has 1 fully saturated rings. The molecule has 2 heterocycles. The molecule has 1 aromatic carbocycles. The number of hydrogen-bond donors (Lipinski definition) is 1. The van der Waals surface area contributed by atoms with Crippen LogP contribution in [0.2, 0.25) is 0 Å². The van der Waals surface area contributed by atoms with Gasteiger partial charge in [-0.05, 0) is 57.8 Å². The summed E-state index contributed by atoms with van der Waals surface area (Å²) < 4.78 is 5.99. The van der Waals surface area contributed by atoms with E-state index in [0.29, 0.717) is 5.76 Å². The average molecular weight is 287 g/mol. The molecule has 2 unspecified atom stereocenters. The Morgan fingerprint density at radius 1 is 1.33 bits per heavy atom. The van der Waals surface area contributed by atoms with Gasteiger partial charge in [-0.25, -0.2) is 0 Å². The van der Waals surface area contributed by atoms with Crippen molar-refractivity contribution in [2.45, 2.75) is 51.7 Å². The lowest BCUT2D eigenvalue weighted by Crippen LogP contribution is -2.48. The van der Waals surface area contributed by atoms with Crippen molar-refractivity contribution in [1.82, 2.24) is 4.90 Å². The van der Waals surface area contributed by atoms with Crippen LogP contribution in [-0.4, -0.2) is 28.6 Å². The van der Waals surface area contributed by atoms with E-state index in [1.807, 2.05) is 31.2 Å². The van der Waals surface area contributed by atoms with Crippen LogP contribution < -0.4 is 0 Å². The molecule has 3 heteroatoms. The van der Waals surface area contributed by atoms with Crippen molar-refractivity contribution < 1.29 is 9.52 Å². The zero-order valence-corrected chi connectivity index (χ0v) is 13.2. The summed E-state index contributed by atoms with van der Waals surface area (Å²) in [5, 5.41) is 12.0. The van der Waals surface area contributed by atoms with Gasteiger partial charge in [0, 0.05) is 5.39 Å². The summed E-state index contributed by atoms with van der Waals surface area (Å²) in [7, 11) is 0. The molecule has 1 saturated heterocycles. The minimum Gasteiger partial charge on any atom is -0.458 e. The fourth-order valence-electron chi connectivity index (χ4n) is 3.49. The molecule has 2 atom stereocenters. The van der Waals surface area contributed by atoms with Crippen LogP contribution in [-0.2, 0) is 0 Å². The van der Waals surface area contributed by atoms with Crippen LogP contribution in [0.15, 0.2) is 28.7 Å². The third-order valence-electron chi connectivity index (χ3n) is 5.16. The van der Waals surface area contributed by atoms with Crippen LogP contribution in [0.4, 0.5) is 0 Å². The summed E-state index contributed by atoms with van der Waals surface area (Å²) >= 11 is 0. The van der Waals surface area contributed by atoms with Crippen LogP contribution in [0, 0.1) is 6.92 Å². The van der Waals surface area contributed by atoms with Crippen molar-refractivity contribution in [2.75, 3.05) is 13.1 Å². The van der Waals surface area contributed by atoms with Crippen molar-refractivity contribution in [3.05, 3.63) is 35.6 Å².